The number of halogens is 1. The molecule has 0 aliphatic heterocycles. The van der Waals surface area contributed by atoms with Crippen LogP contribution < -0.4 is 20.5 Å². The summed E-state index contributed by atoms with van der Waals surface area (Å²) >= 11 is 0. The van der Waals surface area contributed by atoms with Crippen molar-refractivity contribution in [2.75, 3.05) is 38.7 Å². The predicted octanol–water partition coefficient (Wildman–Crippen LogP) is 3.96. The lowest BCUT2D eigenvalue weighted by Gasteiger charge is -2.18. The van der Waals surface area contributed by atoms with Gasteiger partial charge in [-0.3, -0.25) is 0 Å². The lowest BCUT2D eigenvalue weighted by molar-refractivity contribution is 0.221. The van der Waals surface area contributed by atoms with E-state index in [1.54, 1.807) is 7.11 Å². The first-order valence-electron chi connectivity index (χ1n) is 9.30. The van der Waals surface area contributed by atoms with Gasteiger partial charge in [-0.2, -0.15) is 0 Å². The first-order chi connectivity index (χ1) is 13.2. The molecule has 0 radical (unpaired) electrons. The van der Waals surface area contributed by atoms with Gasteiger partial charge in [0.1, 0.15) is 18.1 Å². The summed E-state index contributed by atoms with van der Waals surface area (Å²) in [5.41, 5.74) is 7.86. The van der Waals surface area contributed by atoms with Gasteiger partial charge in [-0.1, -0.05) is 38.1 Å². The minimum absolute atomic E-state index is 0. The van der Waals surface area contributed by atoms with Crippen LogP contribution in [0.2, 0.25) is 0 Å². The molecule has 0 aromatic heterocycles. The number of nitrogens with two attached hydrogens (primary N) is 1. The molecule has 0 fully saturated rings. The van der Waals surface area contributed by atoms with Crippen molar-refractivity contribution in [2.45, 2.75) is 20.4 Å². The number of para-hydroxylation sites is 1. The summed E-state index contributed by atoms with van der Waals surface area (Å²) in [5, 5.41) is 3.08. The summed E-state index contributed by atoms with van der Waals surface area (Å²) < 4.78 is 11.2. The van der Waals surface area contributed by atoms with Crippen molar-refractivity contribution < 1.29 is 9.47 Å². The van der Waals surface area contributed by atoms with E-state index in [0.717, 1.165) is 42.4 Å². The van der Waals surface area contributed by atoms with E-state index >= 15 is 0 Å². The Kier molecular flexibility index (Phi) is 11.4. The van der Waals surface area contributed by atoms with Gasteiger partial charge in [0, 0.05) is 23.9 Å². The van der Waals surface area contributed by atoms with Gasteiger partial charge >= 0.3 is 0 Å². The van der Waals surface area contributed by atoms with Gasteiger partial charge in [0.25, 0.3) is 0 Å². The maximum Gasteiger partial charge on any atom is 0.193 e. The lowest BCUT2D eigenvalue weighted by atomic mass is 10.2. The van der Waals surface area contributed by atoms with Gasteiger partial charge < -0.3 is 25.4 Å². The third-order valence-electron chi connectivity index (χ3n) is 4.29. The third-order valence-corrected chi connectivity index (χ3v) is 4.29. The summed E-state index contributed by atoms with van der Waals surface area (Å²) in [6, 6.07) is 15.5. The largest absolute Gasteiger partial charge is 0.497 e. The van der Waals surface area contributed by atoms with Crippen molar-refractivity contribution in [3.05, 3.63) is 54.1 Å². The average Bonchev–Trinajstić information content (AvgIpc) is 2.70. The molecule has 2 aromatic carbocycles. The number of methoxy groups -OCH3 is 1. The van der Waals surface area contributed by atoms with E-state index in [0.29, 0.717) is 19.1 Å². The third kappa shape index (κ3) is 7.93. The Morgan fingerprint density at radius 3 is 2.57 bits per heavy atom. The highest BCUT2D eigenvalue weighted by molar-refractivity contribution is 14.0. The molecule has 0 spiro atoms. The second-order valence-corrected chi connectivity index (χ2v) is 6.04. The number of benzene rings is 2. The number of guanidine groups is 1. The van der Waals surface area contributed by atoms with E-state index in [9.17, 15) is 0 Å². The Bertz CT molecular complexity index is 736. The van der Waals surface area contributed by atoms with Crippen LogP contribution in [0.15, 0.2) is 53.5 Å². The number of anilines is 1. The number of rotatable bonds is 10. The SMILES string of the molecule is CCN(CC)CCOc1ccccc1CN=C(N)Nc1cccc(OC)c1.I. The van der Waals surface area contributed by atoms with E-state index in [2.05, 4.69) is 29.1 Å². The molecule has 0 aliphatic rings. The quantitative estimate of drug-likeness (QED) is 0.295. The highest BCUT2D eigenvalue weighted by atomic mass is 127. The summed E-state index contributed by atoms with van der Waals surface area (Å²) in [5.74, 6) is 1.96. The highest BCUT2D eigenvalue weighted by Gasteiger charge is 2.05. The number of ether oxygens (including phenoxy) is 2. The van der Waals surface area contributed by atoms with Crippen LogP contribution in [0, 0.1) is 0 Å². The predicted molar refractivity (Wildman–Crippen MR) is 127 cm³/mol. The summed E-state index contributed by atoms with van der Waals surface area (Å²) in [6.45, 7) is 8.37. The summed E-state index contributed by atoms with van der Waals surface area (Å²) in [6.07, 6.45) is 0. The Labute approximate surface area is 185 Å². The molecule has 0 saturated carbocycles. The minimum atomic E-state index is 0. The molecular formula is C21H31IN4O2. The van der Waals surface area contributed by atoms with Gasteiger partial charge in [-0.15, -0.1) is 24.0 Å². The van der Waals surface area contributed by atoms with Crippen LogP contribution >= 0.6 is 24.0 Å². The number of likely N-dealkylation sites (N-methyl/N-ethyl adjacent to an activating group) is 1. The monoisotopic (exact) mass is 498 g/mol. The second-order valence-electron chi connectivity index (χ2n) is 6.04. The molecule has 0 heterocycles. The number of nitrogens with one attached hydrogen (secondary N) is 1. The maximum atomic E-state index is 6.02. The van der Waals surface area contributed by atoms with Crippen LogP contribution in [0.4, 0.5) is 5.69 Å². The molecule has 0 amide bonds. The van der Waals surface area contributed by atoms with Crippen LogP contribution in [-0.2, 0) is 6.54 Å². The second kappa shape index (κ2) is 13.2. The van der Waals surface area contributed by atoms with Gasteiger partial charge in [0.05, 0.1) is 13.7 Å². The van der Waals surface area contributed by atoms with Crippen molar-refractivity contribution in [1.82, 2.24) is 4.90 Å². The van der Waals surface area contributed by atoms with Gasteiger partial charge in [-0.25, -0.2) is 4.99 Å². The zero-order valence-electron chi connectivity index (χ0n) is 16.9. The van der Waals surface area contributed by atoms with Gasteiger partial charge in [0.2, 0.25) is 0 Å². The minimum Gasteiger partial charge on any atom is -0.497 e. The Hall–Kier alpha value is -2.00. The Morgan fingerprint density at radius 1 is 1.11 bits per heavy atom. The fourth-order valence-electron chi connectivity index (χ4n) is 2.66. The standard InChI is InChI=1S/C21H30N4O2.HI/c1-4-25(5-2)13-14-27-20-12-7-6-9-17(20)16-23-21(22)24-18-10-8-11-19(15-18)26-3;/h6-12,15H,4-5,13-14,16H2,1-3H3,(H3,22,23,24);1H. The highest BCUT2D eigenvalue weighted by Crippen LogP contribution is 2.19. The first kappa shape index (κ1) is 24.0. The number of aliphatic imine (C=N–C) groups is 1. The van der Waals surface area contributed by atoms with E-state index in [1.165, 1.54) is 0 Å². The summed E-state index contributed by atoms with van der Waals surface area (Å²) in [7, 11) is 1.63. The van der Waals surface area contributed by atoms with E-state index in [4.69, 9.17) is 15.2 Å². The van der Waals surface area contributed by atoms with E-state index < -0.39 is 0 Å². The van der Waals surface area contributed by atoms with E-state index in [1.807, 2.05) is 48.5 Å². The van der Waals surface area contributed by atoms with Crippen LogP contribution in [0.25, 0.3) is 0 Å². The molecule has 0 saturated heterocycles. The van der Waals surface area contributed by atoms with Crippen LogP contribution in [0.5, 0.6) is 11.5 Å². The fraction of sp³-hybridized carbons (Fsp3) is 0.381. The molecule has 154 valence electrons. The number of nitrogens with zero attached hydrogens (tertiary/aromatic N) is 2. The molecule has 0 bridgehead atoms. The molecule has 2 aromatic rings. The summed E-state index contributed by atoms with van der Waals surface area (Å²) in [4.78, 5) is 6.76. The molecule has 0 aliphatic carbocycles. The molecule has 28 heavy (non-hydrogen) atoms. The topological polar surface area (TPSA) is 72.1 Å². The molecule has 0 atom stereocenters. The van der Waals surface area contributed by atoms with Crippen LogP contribution in [-0.4, -0.2) is 44.2 Å². The molecular weight excluding hydrogens is 467 g/mol. The van der Waals surface area contributed by atoms with E-state index in [-0.39, 0.29) is 24.0 Å². The maximum absolute atomic E-state index is 6.02. The van der Waals surface area contributed by atoms with Crippen molar-refractivity contribution in [3.63, 3.8) is 0 Å². The van der Waals surface area contributed by atoms with Crippen LogP contribution in [0.1, 0.15) is 19.4 Å². The smallest absolute Gasteiger partial charge is 0.193 e. The average molecular weight is 498 g/mol. The molecule has 7 heteroatoms. The van der Waals surface area contributed by atoms with Crippen molar-refractivity contribution in [3.8, 4) is 11.5 Å². The lowest BCUT2D eigenvalue weighted by Crippen LogP contribution is -2.28. The van der Waals surface area contributed by atoms with Crippen LogP contribution in [0.3, 0.4) is 0 Å². The molecule has 6 nitrogen and oxygen atoms in total. The Morgan fingerprint density at radius 2 is 1.86 bits per heavy atom. The zero-order chi connectivity index (χ0) is 19.5. The van der Waals surface area contributed by atoms with Gasteiger partial charge in [-0.05, 0) is 31.3 Å². The fourth-order valence-corrected chi connectivity index (χ4v) is 2.66. The first-order valence-corrected chi connectivity index (χ1v) is 9.30. The number of hydrogen-bond donors (Lipinski definition) is 2. The zero-order valence-corrected chi connectivity index (χ0v) is 19.2. The normalized spacial score (nSPS) is 11.1. The van der Waals surface area contributed by atoms with Gasteiger partial charge in [0.15, 0.2) is 5.96 Å². The molecule has 3 N–H and O–H groups in total. The number of hydrogen-bond acceptors (Lipinski definition) is 4. The molecule has 2 rings (SSSR count). The van der Waals surface area contributed by atoms with Crippen molar-refractivity contribution in [1.29, 1.82) is 0 Å². The van der Waals surface area contributed by atoms with Crippen molar-refractivity contribution >= 4 is 35.6 Å². The van der Waals surface area contributed by atoms with Crippen molar-refractivity contribution in [2.24, 2.45) is 10.7 Å². The Balaban J connectivity index is 0.00000392. The molecule has 0 unspecified atom stereocenters.